The van der Waals surface area contributed by atoms with E-state index in [4.69, 9.17) is 28.3 Å². The lowest BCUT2D eigenvalue weighted by Gasteiger charge is -2.35. The van der Waals surface area contributed by atoms with Gasteiger partial charge in [0.15, 0.2) is 0 Å². The Bertz CT molecular complexity index is 399. The number of pyridine rings is 1. The third-order valence-electron chi connectivity index (χ3n) is 3.48. The van der Waals surface area contributed by atoms with Gasteiger partial charge in [-0.1, -0.05) is 35.7 Å². The number of halogens is 2. The Balaban J connectivity index is 2.06. The first-order valence-electron chi connectivity index (χ1n) is 6.36. The van der Waals surface area contributed by atoms with E-state index in [1.54, 1.807) is 6.07 Å². The minimum Gasteiger partial charge on any atom is -0.396 e. The van der Waals surface area contributed by atoms with Gasteiger partial charge >= 0.3 is 0 Å². The number of aromatic nitrogens is 1. The Kier molecular flexibility index (Phi) is 5.25. The monoisotopic (exact) mass is 288 g/mol. The van der Waals surface area contributed by atoms with Gasteiger partial charge in [-0.3, -0.25) is 4.90 Å². The summed E-state index contributed by atoms with van der Waals surface area (Å²) in [5.41, 5.74) is 1.01. The maximum Gasteiger partial charge on any atom is 0.135 e. The van der Waals surface area contributed by atoms with Crippen molar-refractivity contribution in [1.29, 1.82) is 0 Å². The van der Waals surface area contributed by atoms with E-state index in [2.05, 4.69) is 9.88 Å². The van der Waals surface area contributed by atoms with Crippen LogP contribution in [-0.4, -0.2) is 34.2 Å². The molecule has 0 bridgehead atoms. The summed E-state index contributed by atoms with van der Waals surface area (Å²) in [4.78, 5) is 6.45. The van der Waals surface area contributed by atoms with Gasteiger partial charge in [-0.2, -0.15) is 0 Å². The zero-order chi connectivity index (χ0) is 13.0. The molecule has 5 heteroatoms. The van der Waals surface area contributed by atoms with Crippen molar-refractivity contribution in [3.8, 4) is 0 Å². The predicted octanol–water partition coefficient (Wildman–Crippen LogP) is 3.13. The molecule has 1 atom stereocenters. The van der Waals surface area contributed by atoms with Crippen LogP contribution in [0.15, 0.2) is 12.1 Å². The Labute approximate surface area is 118 Å². The number of piperidine rings is 1. The Morgan fingerprint density at radius 1 is 1.33 bits per heavy atom. The average molecular weight is 289 g/mol. The van der Waals surface area contributed by atoms with Gasteiger partial charge in [0.2, 0.25) is 0 Å². The zero-order valence-corrected chi connectivity index (χ0v) is 11.8. The fraction of sp³-hybridized carbons (Fsp3) is 0.615. The SMILES string of the molecule is OCCC1CCCCN1Cc1ccc(Cl)nc1Cl. The molecule has 2 rings (SSSR count). The first-order valence-corrected chi connectivity index (χ1v) is 7.12. The van der Waals surface area contributed by atoms with Crippen molar-refractivity contribution in [2.24, 2.45) is 0 Å². The fourth-order valence-corrected chi connectivity index (χ4v) is 2.93. The standard InChI is InChI=1S/C13H18Cl2N2O/c14-12-5-4-10(13(15)16-12)9-17-7-2-1-3-11(17)6-8-18/h4-5,11,18H,1-3,6-9H2. The van der Waals surface area contributed by atoms with Crippen LogP contribution in [0, 0.1) is 0 Å². The van der Waals surface area contributed by atoms with Crippen molar-refractivity contribution in [3.63, 3.8) is 0 Å². The van der Waals surface area contributed by atoms with Crippen LogP contribution in [0.2, 0.25) is 10.3 Å². The Morgan fingerprint density at radius 2 is 2.17 bits per heavy atom. The van der Waals surface area contributed by atoms with Crippen LogP contribution < -0.4 is 0 Å². The molecule has 1 fully saturated rings. The van der Waals surface area contributed by atoms with Crippen LogP contribution in [0.3, 0.4) is 0 Å². The molecule has 0 aromatic carbocycles. The average Bonchev–Trinajstić information content (AvgIpc) is 2.35. The van der Waals surface area contributed by atoms with Crippen molar-refractivity contribution >= 4 is 23.2 Å². The molecule has 1 aliphatic heterocycles. The highest BCUT2D eigenvalue weighted by atomic mass is 35.5. The highest BCUT2D eigenvalue weighted by Gasteiger charge is 2.22. The second kappa shape index (κ2) is 6.71. The molecular formula is C13H18Cl2N2O. The van der Waals surface area contributed by atoms with Crippen LogP contribution in [-0.2, 0) is 6.54 Å². The summed E-state index contributed by atoms with van der Waals surface area (Å²) >= 11 is 11.9. The number of nitrogens with zero attached hydrogens (tertiary/aromatic N) is 2. The molecule has 1 aromatic rings. The molecule has 1 N–H and O–H groups in total. The van der Waals surface area contributed by atoms with Gasteiger partial charge in [0.25, 0.3) is 0 Å². The highest BCUT2D eigenvalue weighted by Crippen LogP contribution is 2.24. The highest BCUT2D eigenvalue weighted by molar-refractivity contribution is 6.32. The molecule has 1 aliphatic rings. The summed E-state index contributed by atoms with van der Waals surface area (Å²) in [6, 6.07) is 4.16. The van der Waals surface area contributed by atoms with Gasteiger partial charge in [-0.05, 0) is 31.9 Å². The van der Waals surface area contributed by atoms with Crippen LogP contribution in [0.4, 0.5) is 0 Å². The third kappa shape index (κ3) is 3.58. The predicted molar refractivity (Wildman–Crippen MR) is 74.0 cm³/mol. The fourth-order valence-electron chi connectivity index (χ4n) is 2.52. The second-order valence-electron chi connectivity index (χ2n) is 4.72. The van der Waals surface area contributed by atoms with E-state index in [1.807, 2.05) is 6.07 Å². The van der Waals surface area contributed by atoms with Crippen molar-refractivity contribution < 1.29 is 5.11 Å². The maximum atomic E-state index is 9.11. The van der Waals surface area contributed by atoms with Crippen LogP contribution >= 0.6 is 23.2 Å². The van der Waals surface area contributed by atoms with Crippen molar-refractivity contribution in [2.45, 2.75) is 38.3 Å². The first-order chi connectivity index (χ1) is 8.70. The first kappa shape index (κ1) is 14.1. The van der Waals surface area contributed by atoms with Crippen molar-refractivity contribution in [3.05, 3.63) is 28.0 Å². The molecule has 100 valence electrons. The largest absolute Gasteiger partial charge is 0.396 e. The molecule has 0 radical (unpaired) electrons. The lowest BCUT2D eigenvalue weighted by Crippen LogP contribution is -2.39. The quantitative estimate of drug-likeness (QED) is 0.865. The topological polar surface area (TPSA) is 36.4 Å². The molecule has 0 aliphatic carbocycles. The Hall–Kier alpha value is -0.350. The summed E-state index contributed by atoms with van der Waals surface area (Å²) in [5.74, 6) is 0. The number of rotatable bonds is 4. The van der Waals surface area contributed by atoms with Gasteiger partial charge in [0.1, 0.15) is 10.3 Å². The van der Waals surface area contributed by atoms with E-state index >= 15 is 0 Å². The zero-order valence-electron chi connectivity index (χ0n) is 10.3. The van der Waals surface area contributed by atoms with E-state index in [0.29, 0.717) is 16.3 Å². The van der Waals surface area contributed by atoms with Crippen molar-refractivity contribution in [1.82, 2.24) is 9.88 Å². The molecule has 0 amide bonds. The normalized spacial score (nSPS) is 21.2. The van der Waals surface area contributed by atoms with Gasteiger partial charge in [-0.25, -0.2) is 4.98 Å². The number of aliphatic hydroxyl groups excluding tert-OH is 1. The minimum atomic E-state index is 0.244. The molecule has 2 heterocycles. The van der Waals surface area contributed by atoms with Crippen molar-refractivity contribution in [2.75, 3.05) is 13.2 Å². The van der Waals surface area contributed by atoms with E-state index < -0.39 is 0 Å². The summed E-state index contributed by atoms with van der Waals surface area (Å²) in [5, 5.41) is 10.0. The molecule has 1 saturated heterocycles. The summed E-state index contributed by atoms with van der Waals surface area (Å²) in [6.45, 7) is 2.09. The number of aliphatic hydroxyl groups is 1. The van der Waals surface area contributed by atoms with Gasteiger partial charge in [-0.15, -0.1) is 0 Å². The summed E-state index contributed by atoms with van der Waals surface area (Å²) in [6.07, 6.45) is 4.44. The number of hydrogen-bond donors (Lipinski definition) is 1. The molecule has 1 aromatic heterocycles. The van der Waals surface area contributed by atoms with Crippen LogP contribution in [0.5, 0.6) is 0 Å². The molecule has 18 heavy (non-hydrogen) atoms. The molecule has 0 spiro atoms. The smallest absolute Gasteiger partial charge is 0.135 e. The number of likely N-dealkylation sites (tertiary alicyclic amines) is 1. The molecule has 0 saturated carbocycles. The summed E-state index contributed by atoms with van der Waals surface area (Å²) < 4.78 is 0. The third-order valence-corrected chi connectivity index (χ3v) is 4.01. The Morgan fingerprint density at radius 3 is 2.89 bits per heavy atom. The lowest BCUT2D eigenvalue weighted by atomic mass is 9.99. The van der Waals surface area contributed by atoms with E-state index in [1.165, 1.54) is 12.8 Å². The molecular weight excluding hydrogens is 271 g/mol. The lowest BCUT2D eigenvalue weighted by molar-refractivity contribution is 0.112. The van der Waals surface area contributed by atoms with Gasteiger partial charge in [0.05, 0.1) is 0 Å². The van der Waals surface area contributed by atoms with E-state index in [9.17, 15) is 0 Å². The van der Waals surface area contributed by atoms with E-state index in [-0.39, 0.29) is 6.61 Å². The maximum absolute atomic E-state index is 9.11. The van der Waals surface area contributed by atoms with Gasteiger partial charge < -0.3 is 5.11 Å². The minimum absolute atomic E-state index is 0.244. The molecule has 1 unspecified atom stereocenters. The number of hydrogen-bond acceptors (Lipinski definition) is 3. The van der Waals surface area contributed by atoms with Gasteiger partial charge in [0, 0.05) is 24.8 Å². The van der Waals surface area contributed by atoms with Crippen LogP contribution in [0.25, 0.3) is 0 Å². The van der Waals surface area contributed by atoms with Crippen LogP contribution in [0.1, 0.15) is 31.2 Å². The van der Waals surface area contributed by atoms with E-state index in [0.717, 1.165) is 31.5 Å². The second-order valence-corrected chi connectivity index (χ2v) is 5.46. The summed E-state index contributed by atoms with van der Waals surface area (Å²) in [7, 11) is 0. The molecule has 3 nitrogen and oxygen atoms in total.